The third-order valence-corrected chi connectivity index (χ3v) is 8.25. The second-order valence-corrected chi connectivity index (χ2v) is 11.1. The molecule has 37 heavy (non-hydrogen) atoms. The number of hydrogen-bond donors (Lipinski definition) is 2. The van der Waals surface area contributed by atoms with Crippen molar-refractivity contribution in [1.82, 2.24) is 19.9 Å². The summed E-state index contributed by atoms with van der Waals surface area (Å²) in [6, 6.07) is 7.83. The molecule has 4 heterocycles. The summed E-state index contributed by atoms with van der Waals surface area (Å²) in [5, 5.41) is 0. The first-order chi connectivity index (χ1) is 17.2. The van der Waals surface area contributed by atoms with Gasteiger partial charge in [-0.3, -0.25) is 9.97 Å². The maximum Gasteiger partial charge on any atom is 0.417 e. The molecule has 194 valence electrons. The number of pyridine rings is 3. The Kier molecular flexibility index (Phi) is 5.72. The van der Waals surface area contributed by atoms with E-state index in [0.29, 0.717) is 6.20 Å². The van der Waals surface area contributed by atoms with Crippen molar-refractivity contribution in [1.29, 1.82) is 0 Å². The van der Waals surface area contributed by atoms with E-state index in [1.54, 1.807) is 0 Å². The molecule has 0 radical (unpaired) electrons. The molecule has 1 aliphatic rings. The van der Waals surface area contributed by atoms with E-state index < -0.39 is 33.5 Å². The van der Waals surface area contributed by atoms with Crippen LogP contribution in [0.25, 0.3) is 33.7 Å². The minimum atomic E-state index is -4.61. The fourth-order valence-electron chi connectivity index (χ4n) is 4.15. The van der Waals surface area contributed by atoms with Crippen molar-refractivity contribution in [2.45, 2.75) is 42.4 Å². The number of alkyl halides is 6. The van der Waals surface area contributed by atoms with Gasteiger partial charge in [0.05, 0.1) is 33.7 Å². The Bertz CT molecular complexity index is 1560. The van der Waals surface area contributed by atoms with Crippen molar-refractivity contribution in [3.8, 4) is 22.6 Å². The van der Waals surface area contributed by atoms with Gasteiger partial charge in [0.25, 0.3) is 0 Å². The molecule has 6 nitrogen and oxygen atoms in total. The molecule has 0 aromatic carbocycles. The molecule has 4 aromatic heterocycles. The van der Waals surface area contributed by atoms with Crippen LogP contribution in [0.5, 0.6) is 0 Å². The zero-order chi connectivity index (χ0) is 26.8. The second-order valence-electron chi connectivity index (χ2n) is 8.83. The Labute approximate surface area is 207 Å². The van der Waals surface area contributed by atoms with Gasteiger partial charge in [0.1, 0.15) is 16.9 Å². The molecule has 0 amide bonds. The van der Waals surface area contributed by atoms with E-state index in [4.69, 9.17) is 0 Å². The molecule has 1 unspecified atom stereocenters. The summed E-state index contributed by atoms with van der Waals surface area (Å²) in [6.07, 6.45) is -7.22. The fourth-order valence-corrected chi connectivity index (χ4v) is 5.24. The summed E-state index contributed by atoms with van der Waals surface area (Å²) in [7, 11) is -3.67. The topological polar surface area (TPSA) is 91.8 Å². The summed E-state index contributed by atoms with van der Waals surface area (Å²) in [4.78, 5) is 14.9. The Morgan fingerprint density at radius 1 is 1.05 bits per heavy atom. The number of nitrogens with zero attached hydrogens (tertiary/aromatic N) is 3. The van der Waals surface area contributed by atoms with Gasteiger partial charge >= 0.3 is 12.4 Å². The maximum absolute atomic E-state index is 13.6. The standard InChI is InChI=1S/C24H18F6N4O2S/c1-2-37(35,36)19-8-13(15-4-3-5-20(34-15)22(6-7-22)24(28,29)30)11-32-21(19)18-10-16-17(33-18)9-14(12-31-16)23(25,26)27/h3-5,8-12,33H,2,6-7H2,1H3/p+1. The van der Waals surface area contributed by atoms with Crippen LogP contribution in [0.4, 0.5) is 26.3 Å². The molecule has 0 aliphatic heterocycles. The number of hydrogen-bond acceptors (Lipinski definition) is 4. The van der Waals surface area contributed by atoms with Crippen LogP contribution in [0, 0.1) is 0 Å². The molecular weight excluding hydrogens is 522 g/mol. The lowest BCUT2D eigenvalue weighted by Crippen LogP contribution is -2.29. The third kappa shape index (κ3) is 4.39. The summed E-state index contributed by atoms with van der Waals surface area (Å²) < 4.78 is 104. The number of nitrogens with one attached hydrogen (secondary N) is 1. The summed E-state index contributed by atoms with van der Waals surface area (Å²) in [5.74, 6) is -0.202. The van der Waals surface area contributed by atoms with Crippen LogP contribution in [-0.2, 0) is 26.0 Å². The Hall–Kier alpha value is -3.32. The summed E-state index contributed by atoms with van der Waals surface area (Å²) in [5.41, 5.74) is -2.31. The average Bonchev–Trinajstić information content (AvgIpc) is 3.57. The van der Waals surface area contributed by atoms with Crippen molar-refractivity contribution in [3.05, 3.63) is 60.0 Å². The quantitative estimate of drug-likeness (QED) is 0.218. The first kappa shape index (κ1) is 25.3. The van der Waals surface area contributed by atoms with Gasteiger partial charge in [0, 0.05) is 24.0 Å². The summed E-state index contributed by atoms with van der Waals surface area (Å²) >= 11 is 0. The van der Waals surface area contributed by atoms with E-state index in [0.717, 1.165) is 6.07 Å². The van der Waals surface area contributed by atoms with Crippen molar-refractivity contribution < 1.29 is 35.1 Å². The van der Waals surface area contributed by atoms with E-state index in [1.165, 1.54) is 43.5 Å². The van der Waals surface area contributed by atoms with Gasteiger partial charge in [-0.25, -0.2) is 4.98 Å². The monoisotopic (exact) mass is 541 g/mol. The minimum Gasteiger partial charge on any atom is -0.352 e. The largest absolute Gasteiger partial charge is 0.417 e. The molecule has 1 fully saturated rings. The highest BCUT2D eigenvalue weighted by Crippen LogP contribution is 2.58. The third-order valence-electron chi connectivity index (χ3n) is 6.47. The van der Waals surface area contributed by atoms with Crippen LogP contribution >= 0.6 is 0 Å². The van der Waals surface area contributed by atoms with Gasteiger partial charge in [0.15, 0.2) is 0 Å². The van der Waals surface area contributed by atoms with Crippen LogP contribution in [0.1, 0.15) is 31.0 Å². The molecule has 0 spiro atoms. The molecular formula is C24H19F6N4O2S+. The molecule has 5 rings (SSSR count). The highest BCUT2D eigenvalue weighted by atomic mass is 32.3. The van der Waals surface area contributed by atoms with Crippen molar-refractivity contribution in [2.75, 3.05) is 5.75 Å². The van der Waals surface area contributed by atoms with E-state index in [-0.39, 0.29) is 62.9 Å². The van der Waals surface area contributed by atoms with E-state index in [1.807, 2.05) is 0 Å². The minimum absolute atomic E-state index is 0.00904. The van der Waals surface area contributed by atoms with Crippen molar-refractivity contribution >= 4 is 21.2 Å². The lowest BCUT2D eigenvalue weighted by Gasteiger charge is -2.19. The van der Waals surface area contributed by atoms with Gasteiger partial charge in [-0.1, -0.05) is 10.3 Å². The van der Waals surface area contributed by atoms with Crippen LogP contribution in [0.2, 0.25) is 0 Å². The summed E-state index contributed by atoms with van der Waals surface area (Å²) in [6.45, 7) is 1.47. The van der Waals surface area contributed by atoms with Gasteiger partial charge in [-0.15, -0.1) is 0 Å². The fraction of sp³-hybridized carbons (Fsp3) is 0.292. The molecule has 4 aromatic rings. The number of fused-ring (bicyclic) bond motifs is 1. The number of rotatable bonds is 5. The first-order valence-corrected chi connectivity index (χ1v) is 12.8. The van der Waals surface area contributed by atoms with E-state index in [9.17, 15) is 35.1 Å². The Balaban J connectivity index is 1.61. The SMILES string of the molecule is CC[S+](=O)(O)c1cc(-c2cccc(C3(C(F)(F)F)CC3)n2)cnc1-c1cc2ncc(C(F)(F)F)cc2[nH]1. The number of halogens is 6. The molecule has 0 bridgehead atoms. The molecule has 13 heteroatoms. The van der Waals surface area contributed by atoms with Gasteiger partial charge in [-0.2, -0.15) is 30.9 Å². The number of aromatic nitrogens is 4. The number of aromatic amines is 1. The maximum atomic E-state index is 13.6. The lowest BCUT2D eigenvalue weighted by molar-refractivity contribution is -0.161. The molecule has 1 saturated carbocycles. The molecule has 0 saturated heterocycles. The van der Waals surface area contributed by atoms with Crippen molar-refractivity contribution in [2.24, 2.45) is 0 Å². The zero-order valence-corrected chi connectivity index (χ0v) is 19.9. The van der Waals surface area contributed by atoms with E-state index >= 15 is 0 Å². The number of H-pyrrole nitrogens is 1. The Morgan fingerprint density at radius 3 is 2.41 bits per heavy atom. The van der Waals surface area contributed by atoms with Crippen LogP contribution < -0.4 is 0 Å². The van der Waals surface area contributed by atoms with Crippen LogP contribution in [-0.4, -0.2) is 36.4 Å². The average molecular weight is 541 g/mol. The normalized spacial score (nSPS) is 17.1. The van der Waals surface area contributed by atoms with Crippen LogP contribution in [0.15, 0.2) is 53.7 Å². The molecule has 2 N–H and O–H groups in total. The Morgan fingerprint density at radius 2 is 1.78 bits per heavy atom. The van der Waals surface area contributed by atoms with Gasteiger partial charge < -0.3 is 4.98 Å². The first-order valence-electron chi connectivity index (χ1n) is 11.1. The smallest absolute Gasteiger partial charge is 0.352 e. The predicted octanol–water partition coefficient (Wildman–Crippen LogP) is 6.65. The highest BCUT2D eigenvalue weighted by Gasteiger charge is 2.65. The van der Waals surface area contributed by atoms with Crippen LogP contribution in [0.3, 0.4) is 0 Å². The van der Waals surface area contributed by atoms with E-state index in [2.05, 4.69) is 19.9 Å². The van der Waals surface area contributed by atoms with Crippen molar-refractivity contribution in [3.63, 3.8) is 0 Å². The predicted molar refractivity (Wildman–Crippen MR) is 124 cm³/mol. The lowest BCUT2D eigenvalue weighted by atomic mass is 10.00. The molecule has 1 atom stereocenters. The second kappa shape index (κ2) is 8.35. The highest BCUT2D eigenvalue weighted by molar-refractivity contribution is 7.97. The zero-order valence-electron chi connectivity index (χ0n) is 19.1. The molecule has 1 aliphatic carbocycles. The van der Waals surface area contributed by atoms with Gasteiger partial charge in [-0.05, 0) is 44.0 Å². The van der Waals surface area contributed by atoms with Gasteiger partial charge in [0.2, 0.25) is 15.1 Å².